The SMILES string of the molecule is CCNC(Cc1ccc(CC)cc1)c1cc(Br)cc(Br)c1. The first-order valence-electron chi connectivity index (χ1n) is 7.39. The Morgan fingerprint density at radius 1 is 0.905 bits per heavy atom. The van der Waals surface area contributed by atoms with Gasteiger partial charge in [0.2, 0.25) is 0 Å². The highest BCUT2D eigenvalue weighted by Crippen LogP contribution is 2.26. The maximum absolute atomic E-state index is 3.59. The second-order valence-corrected chi connectivity index (χ2v) is 7.02. The van der Waals surface area contributed by atoms with Gasteiger partial charge in [0, 0.05) is 15.0 Å². The highest BCUT2D eigenvalue weighted by Gasteiger charge is 2.12. The summed E-state index contributed by atoms with van der Waals surface area (Å²) >= 11 is 7.16. The van der Waals surface area contributed by atoms with Gasteiger partial charge in [-0.3, -0.25) is 0 Å². The van der Waals surface area contributed by atoms with Crippen LogP contribution < -0.4 is 5.32 Å². The molecule has 2 aromatic carbocycles. The molecule has 0 heterocycles. The first kappa shape index (κ1) is 16.7. The van der Waals surface area contributed by atoms with E-state index in [0.29, 0.717) is 6.04 Å². The minimum absolute atomic E-state index is 0.330. The average Bonchev–Trinajstić information content (AvgIpc) is 2.46. The predicted octanol–water partition coefficient (Wildman–Crippen LogP) is 5.67. The third-order valence-corrected chi connectivity index (χ3v) is 4.52. The number of hydrogen-bond acceptors (Lipinski definition) is 1. The smallest absolute Gasteiger partial charge is 0.0361 e. The van der Waals surface area contributed by atoms with E-state index >= 15 is 0 Å². The molecule has 0 radical (unpaired) electrons. The second-order valence-electron chi connectivity index (χ2n) is 5.19. The van der Waals surface area contributed by atoms with Crippen LogP contribution in [0.5, 0.6) is 0 Å². The van der Waals surface area contributed by atoms with Gasteiger partial charge in [0.15, 0.2) is 0 Å². The molecule has 1 nitrogen and oxygen atoms in total. The van der Waals surface area contributed by atoms with Crippen molar-refractivity contribution in [2.75, 3.05) is 6.54 Å². The van der Waals surface area contributed by atoms with Gasteiger partial charge in [-0.05, 0) is 54.3 Å². The standard InChI is InChI=1S/C18H21Br2N/c1-3-13-5-7-14(8-6-13)9-18(21-4-2)15-10-16(19)12-17(20)11-15/h5-8,10-12,18,21H,3-4,9H2,1-2H3. The fourth-order valence-corrected chi connectivity index (χ4v) is 3.81. The number of benzene rings is 2. The number of likely N-dealkylation sites (N-methyl/N-ethyl adjacent to an activating group) is 1. The fourth-order valence-electron chi connectivity index (χ4n) is 2.48. The van der Waals surface area contributed by atoms with Crippen molar-refractivity contribution in [2.45, 2.75) is 32.7 Å². The van der Waals surface area contributed by atoms with Crippen LogP contribution in [0.3, 0.4) is 0 Å². The summed E-state index contributed by atoms with van der Waals surface area (Å²) in [7, 11) is 0. The van der Waals surface area contributed by atoms with Crippen molar-refractivity contribution >= 4 is 31.9 Å². The summed E-state index contributed by atoms with van der Waals surface area (Å²) in [4.78, 5) is 0. The van der Waals surface area contributed by atoms with Crippen molar-refractivity contribution in [1.82, 2.24) is 5.32 Å². The topological polar surface area (TPSA) is 12.0 Å². The van der Waals surface area contributed by atoms with Gasteiger partial charge in [0.1, 0.15) is 0 Å². The maximum Gasteiger partial charge on any atom is 0.0361 e. The van der Waals surface area contributed by atoms with Crippen molar-refractivity contribution in [2.24, 2.45) is 0 Å². The molecule has 3 heteroatoms. The lowest BCUT2D eigenvalue weighted by molar-refractivity contribution is 0.549. The molecule has 2 rings (SSSR count). The van der Waals surface area contributed by atoms with Crippen LogP contribution >= 0.6 is 31.9 Å². The minimum Gasteiger partial charge on any atom is -0.310 e. The van der Waals surface area contributed by atoms with E-state index in [4.69, 9.17) is 0 Å². The number of halogens is 2. The largest absolute Gasteiger partial charge is 0.310 e. The van der Waals surface area contributed by atoms with E-state index < -0.39 is 0 Å². The molecule has 1 unspecified atom stereocenters. The summed E-state index contributed by atoms with van der Waals surface area (Å²) in [5, 5.41) is 3.59. The van der Waals surface area contributed by atoms with Gasteiger partial charge >= 0.3 is 0 Å². The highest BCUT2D eigenvalue weighted by atomic mass is 79.9. The molecule has 0 aromatic heterocycles. The van der Waals surface area contributed by atoms with E-state index in [9.17, 15) is 0 Å². The van der Waals surface area contributed by atoms with Gasteiger partial charge in [-0.15, -0.1) is 0 Å². The monoisotopic (exact) mass is 409 g/mol. The molecule has 0 spiro atoms. The van der Waals surface area contributed by atoms with Crippen LogP contribution in [0, 0.1) is 0 Å². The van der Waals surface area contributed by atoms with E-state index in [1.54, 1.807) is 0 Å². The van der Waals surface area contributed by atoms with E-state index in [2.05, 4.69) is 93.5 Å². The Kier molecular flexibility index (Phi) is 6.46. The lowest BCUT2D eigenvalue weighted by atomic mass is 9.98. The molecule has 0 aliphatic carbocycles. The molecule has 0 aliphatic heterocycles. The van der Waals surface area contributed by atoms with Crippen LogP contribution in [0.25, 0.3) is 0 Å². The molecule has 0 bridgehead atoms. The molecular weight excluding hydrogens is 390 g/mol. The third kappa shape index (κ3) is 4.94. The van der Waals surface area contributed by atoms with Crippen molar-refractivity contribution in [3.05, 3.63) is 68.1 Å². The zero-order valence-corrected chi connectivity index (χ0v) is 15.7. The fraction of sp³-hybridized carbons (Fsp3) is 0.333. The van der Waals surface area contributed by atoms with Gasteiger partial charge in [-0.2, -0.15) is 0 Å². The zero-order chi connectivity index (χ0) is 15.2. The zero-order valence-electron chi connectivity index (χ0n) is 12.5. The van der Waals surface area contributed by atoms with E-state index in [1.165, 1.54) is 16.7 Å². The summed E-state index contributed by atoms with van der Waals surface area (Å²) in [6.07, 6.45) is 2.09. The molecule has 21 heavy (non-hydrogen) atoms. The summed E-state index contributed by atoms with van der Waals surface area (Å²) in [6, 6.07) is 15.7. The Morgan fingerprint density at radius 2 is 1.48 bits per heavy atom. The summed E-state index contributed by atoms with van der Waals surface area (Å²) in [5.74, 6) is 0. The molecule has 112 valence electrons. The van der Waals surface area contributed by atoms with Crippen molar-refractivity contribution in [3.63, 3.8) is 0 Å². The van der Waals surface area contributed by atoms with Crippen molar-refractivity contribution in [3.8, 4) is 0 Å². The lowest BCUT2D eigenvalue weighted by Gasteiger charge is -2.19. The van der Waals surface area contributed by atoms with Gasteiger partial charge in [-0.25, -0.2) is 0 Å². The normalized spacial score (nSPS) is 12.4. The Morgan fingerprint density at radius 3 is 2.00 bits per heavy atom. The Hall–Kier alpha value is -0.640. The van der Waals surface area contributed by atoms with Crippen molar-refractivity contribution in [1.29, 1.82) is 0 Å². The van der Waals surface area contributed by atoms with E-state index in [0.717, 1.165) is 28.3 Å². The molecule has 2 aromatic rings. The van der Waals surface area contributed by atoms with Crippen LogP contribution in [0.1, 0.15) is 36.6 Å². The summed E-state index contributed by atoms with van der Waals surface area (Å²) in [6.45, 7) is 5.30. The Bertz CT molecular complexity index is 558. The van der Waals surface area contributed by atoms with Gasteiger partial charge in [0.05, 0.1) is 0 Å². The number of rotatable bonds is 6. The predicted molar refractivity (Wildman–Crippen MR) is 97.8 cm³/mol. The summed E-state index contributed by atoms with van der Waals surface area (Å²) in [5.41, 5.74) is 4.07. The minimum atomic E-state index is 0.330. The van der Waals surface area contributed by atoms with Crippen LogP contribution in [-0.2, 0) is 12.8 Å². The molecule has 0 amide bonds. The number of hydrogen-bond donors (Lipinski definition) is 1. The Balaban J connectivity index is 2.21. The van der Waals surface area contributed by atoms with Gasteiger partial charge in [-0.1, -0.05) is 70.0 Å². The number of aryl methyl sites for hydroxylation is 1. The highest BCUT2D eigenvalue weighted by molar-refractivity contribution is 9.11. The number of nitrogens with one attached hydrogen (secondary N) is 1. The van der Waals surface area contributed by atoms with Crippen LogP contribution in [0.2, 0.25) is 0 Å². The summed E-state index contributed by atoms with van der Waals surface area (Å²) < 4.78 is 2.22. The van der Waals surface area contributed by atoms with Crippen LogP contribution in [0.4, 0.5) is 0 Å². The molecule has 1 N–H and O–H groups in total. The van der Waals surface area contributed by atoms with Crippen LogP contribution in [-0.4, -0.2) is 6.54 Å². The van der Waals surface area contributed by atoms with E-state index in [1.807, 2.05) is 0 Å². The second kappa shape index (κ2) is 8.11. The first-order valence-corrected chi connectivity index (χ1v) is 8.98. The maximum atomic E-state index is 3.59. The molecule has 0 fully saturated rings. The van der Waals surface area contributed by atoms with E-state index in [-0.39, 0.29) is 0 Å². The molecule has 1 atom stereocenters. The third-order valence-electron chi connectivity index (χ3n) is 3.61. The van der Waals surface area contributed by atoms with Gasteiger partial charge < -0.3 is 5.32 Å². The molecule has 0 aliphatic rings. The molecule has 0 saturated heterocycles. The quantitative estimate of drug-likeness (QED) is 0.646. The first-order chi connectivity index (χ1) is 10.1. The Labute approximate surface area is 144 Å². The van der Waals surface area contributed by atoms with Crippen molar-refractivity contribution < 1.29 is 0 Å². The lowest BCUT2D eigenvalue weighted by Crippen LogP contribution is -2.23. The molecular formula is C18H21Br2N. The van der Waals surface area contributed by atoms with Gasteiger partial charge in [0.25, 0.3) is 0 Å². The average molecular weight is 411 g/mol. The molecule has 0 saturated carbocycles. The van der Waals surface area contributed by atoms with Crippen LogP contribution in [0.15, 0.2) is 51.4 Å².